The highest BCUT2D eigenvalue weighted by Gasteiger charge is 2.14. The first-order valence-corrected chi connectivity index (χ1v) is 8.56. The Balaban J connectivity index is 1.84. The zero-order valence-corrected chi connectivity index (χ0v) is 14.7. The Labute approximate surface area is 159 Å². The van der Waals surface area contributed by atoms with E-state index in [1.54, 1.807) is 30.6 Å². The first kappa shape index (κ1) is 17.1. The highest BCUT2D eigenvalue weighted by atomic mass is 35.5. The number of aromatic nitrogens is 2. The van der Waals surface area contributed by atoms with Gasteiger partial charge in [-0.2, -0.15) is 0 Å². The molecule has 4 aromatic rings. The molecule has 0 bridgehead atoms. The van der Waals surface area contributed by atoms with Crippen molar-refractivity contribution in [3.63, 3.8) is 0 Å². The van der Waals surface area contributed by atoms with Gasteiger partial charge in [-0.25, -0.2) is 9.37 Å². The zero-order chi connectivity index (χ0) is 18.8. The third kappa shape index (κ3) is 3.50. The summed E-state index contributed by atoms with van der Waals surface area (Å²) in [5.74, 6) is -0.722. The summed E-state index contributed by atoms with van der Waals surface area (Å²) in [5.41, 5.74) is 2.31. The molecule has 0 atom stereocenters. The summed E-state index contributed by atoms with van der Waals surface area (Å²) >= 11 is 6.02. The quantitative estimate of drug-likeness (QED) is 0.524. The maximum atomic E-state index is 14.3. The monoisotopic (exact) mass is 377 g/mol. The number of para-hydroxylation sites is 1. The van der Waals surface area contributed by atoms with Crippen molar-refractivity contribution in [3.05, 3.63) is 89.5 Å². The standard InChI is InChI=1S/C21H13ClFN3O/c22-14-5-6-17(23)16(11-14)20-12-19(15-3-1-2-4-18(15)25-20)26-21(27)13-7-9-24-10-8-13/h1-12H,(H,25,26,27). The van der Waals surface area contributed by atoms with Crippen LogP contribution >= 0.6 is 11.6 Å². The minimum Gasteiger partial charge on any atom is -0.321 e. The van der Waals surface area contributed by atoms with Crippen molar-refractivity contribution in [2.24, 2.45) is 0 Å². The fraction of sp³-hybridized carbons (Fsp3) is 0. The normalized spacial score (nSPS) is 10.7. The first-order chi connectivity index (χ1) is 13.1. The van der Waals surface area contributed by atoms with Crippen molar-refractivity contribution < 1.29 is 9.18 Å². The van der Waals surface area contributed by atoms with Crippen LogP contribution in [0.4, 0.5) is 10.1 Å². The lowest BCUT2D eigenvalue weighted by Crippen LogP contribution is -2.12. The van der Waals surface area contributed by atoms with Crippen LogP contribution in [0.25, 0.3) is 22.2 Å². The van der Waals surface area contributed by atoms with Crippen molar-refractivity contribution >= 4 is 34.1 Å². The molecule has 4 nitrogen and oxygen atoms in total. The van der Waals surface area contributed by atoms with E-state index >= 15 is 0 Å². The van der Waals surface area contributed by atoms with Crippen molar-refractivity contribution in [1.82, 2.24) is 9.97 Å². The van der Waals surface area contributed by atoms with Gasteiger partial charge in [0.15, 0.2) is 0 Å². The van der Waals surface area contributed by atoms with E-state index in [4.69, 9.17) is 11.6 Å². The number of amides is 1. The summed E-state index contributed by atoms with van der Waals surface area (Å²) in [7, 11) is 0. The van der Waals surface area contributed by atoms with Gasteiger partial charge in [-0.3, -0.25) is 9.78 Å². The minimum absolute atomic E-state index is 0.271. The number of rotatable bonds is 3. The second-order valence-corrected chi connectivity index (χ2v) is 6.32. The number of hydrogen-bond acceptors (Lipinski definition) is 3. The molecule has 0 radical (unpaired) electrons. The Kier molecular flexibility index (Phi) is 4.52. The van der Waals surface area contributed by atoms with Gasteiger partial charge in [0.25, 0.3) is 5.91 Å². The number of anilines is 1. The number of carbonyl (C=O) groups is 1. The van der Waals surface area contributed by atoms with Crippen LogP contribution in [0.15, 0.2) is 73.1 Å². The van der Waals surface area contributed by atoms with Crippen LogP contribution in [-0.2, 0) is 0 Å². The lowest BCUT2D eigenvalue weighted by atomic mass is 10.1. The average molecular weight is 378 g/mol. The van der Waals surface area contributed by atoms with Crippen molar-refractivity contribution in [3.8, 4) is 11.3 Å². The number of nitrogens with zero attached hydrogens (tertiary/aromatic N) is 2. The number of benzene rings is 2. The molecule has 0 saturated heterocycles. The second kappa shape index (κ2) is 7.13. The highest BCUT2D eigenvalue weighted by molar-refractivity contribution is 6.30. The van der Waals surface area contributed by atoms with E-state index in [1.807, 2.05) is 24.3 Å². The molecule has 2 aromatic heterocycles. The van der Waals surface area contributed by atoms with Gasteiger partial charge >= 0.3 is 0 Å². The molecule has 2 heterocycles. The molecule has 4 rings (SSSR count). The molecule has 0 aliphatic carbocycles. The van der Waals surface area contributed by atoms with E-state index < -0.39 is 5.82 Å². The zero-order valence-electron chi connectivity index (χ0n) is 14.0. The Hall–Kier alpha value is -3.31. The van der Waals surface area contributed by atoms with Crippen LogP contribution in [0, 0.1) is 5.82 Å². The maximum absolute atomic E-state index is 14.3. The molecular formula is C21H13ClFN3O. The number of halogens is 2. The van der Waals surface area contributed by atoms with Gasteiger partial charge in [-0.05, 0) is 42.5 Å². The van der Waals surface area contributed by atoms with Gasteiger partial charge in [-0.15, -0.1) is 0 Å². The number of nitrogens with one attached hydrogen (secondary N) is 1. The predicted octanol–water partition coefficient (Wildman–Crippen LogP) is 5.34. The topological polar surface area (TPSA) is 54.9 Å². The third-order valence-corrected chi connectivity index (χ3v) is 4.35. The van der Waals surface area contributed by atoms with Crippen LogP contribution in [0.2, 0.25) is 5.02 Å². The van der Waals surface area contributed by atoms with Gasteiger partial charge in [0, 0.05) is 33.9 Å². The lowest BCUT2D eigenvalue weighted by molar-refractivity contribution is 0.102. The van der Waals surface area contributed by atoms with Crippen LogP contribution in [0.3, 0.4) is 0 Å². The summed E-state index contributed by atoms with van der Waals surface area (Å²) in [6.07, 6.45) is 3.10. The molecule has 0 saturated carbocycles. The van der Waals surface area contributed by atoms with Gasteiger partial charge in [0.1, 0.15) is 5.82 Å². The van der Waals surface area contributed by atoms with Gasteiger partial charge in [0.2, 0.25) is 0 Å². The van der Waals surface area contributed by atoms with Crippen molar-refractivity contribution in [2.45, 2.75) is 0 Å². The average Bonchev–Trinajstić information content (AvgIpc) is 2.70. The summed E-state index contributed by atoms with van der Waals surface area (Å²) in [6.45, 7) is 0. The molecule has 1 amide bonds. The fourth-order valence-electron chi connectivity index (χ4n) is 2.81. The lowest BCUT2D eigenvalue weighted by Gasteiger charge is -2.12. The van der Waals surface area contributed by atoms with Crippen LogP contribution < -0.4 is 5.32 Å². The highest BCUT2D eigenvalue weighted by Crippen LogP contribution is 2.31. The molecule has 0 aliphatic rings. The van der Waals surface area contributed by atoms with Crippen LogP contribution in [0.5, 0.6) is 0 Å². The summed E-state index contributed by atoms with van der Waals surface area (Å²) in [4.78, 5) is 21.0. The van der Waals surface area contributed by atoms with Gasteiger partial charge in [0.05, 0.1) is 16.9 Å². The van der Waals surface area contributed by atoms with Crippen molar-refractivity contribution in [1.29, 1.82) is 0 Å². The Morgan fingerprint density at radius 3 is 2.59 bits per heavy atom. The molecule has 2 aromatic carbocycles. The molecular weight excluding hydrogens is 365 g/mol. The number of carbonyl (C=O) groups excluding carboxylic acids is 1. The summed E-state index contributed by atoms with van der Waals surface area (Å²) in [6, 6.07) is 16.5. The SMILES string of the molecule is O=C(Nc1cc(-c2cc(Cl)ccc2F)nc2ccccc12)c1ccncc1. The molecule has 0 aliphatic heterocycles. The number of fused-ring (bicyclic) bond motifs is 1. The van der Waals surface area contributed by atoms with E-state index in [1.165, 1.54) is 18.2 Å². The second-order valence-electron chi connectivity index (χ2n) is 5.89. The number of pyridine rings is 2. The van der Waals surface area contributed by atoms with E-state index in [9.17, 15) is 9.18 Å². The molecule has 0 unspecified atom stereocenters. The van der Waals surface area contributed by atoms with E-state index in [0.29, 0.717) is 27.5 Å². The summed E-state index contributed by atoms with van der Waals surface area (Å²) < 4.78 is 14.3. The fourth-order valence-corrected chi connectivity index (χ4v) is 2.98. The Morgan fingerprint density at radius 2 is 1.78 bits per heavy atom. The Morgan fingerprint density at radius 1 is 1.00 bits per heavy atom. The van der Waals surface area contributed by atoms with Crippen molar-refractivity contribution in [2.75, 3.05) is 5.32 Å². The summed E-state index contributed by atoms with van der Waals surface area (Å²) in [5, 5.41) is 4.05. The van der Waals surface area contributed by atoms with Gasteiger partial charge < -0.3 is 5.32 Å². The third-order valence-electron chi connectivity index (χ3n) is 4.11. The largest absolute Gasteiger partial charge is 0.321 e. The molecule has 1 N–H and O–H groups in total. The smallest absolute Gasteiger partial charge is 0.255 e. The molecule has 6 heteroatoms. The number of hydrogen-bond donors (Lipinski definition) is 1. The molecule has 27 heavy (non-hydrogen) atoms. The molecule has 0 spiro atoms. The van der Waals surface area contributed by atoms with E-state index in [2.05, 4.69) is 15.3 Å². The molecule has 132 valence electrons. The van der Waals surface area contributed by atoms with E-state index in [0.717, 1.165) is 5.39 Å². The van der Waals surface area contributed by atoms with E-state index in [-0.39, 0.29) is 11.5 Å². The van der Waals surface area contributed by atoms with Crippen LogP contribution in [-0.4, -0.2) is 15.9 Å². The minimum atomic E-state index is -0.436. The first-order valence-electron chi connectivity index (χ1n) is 8.18. The predicted molar refractivity (Wildman–Crippen MR) is 104 cm³/mol. The molecule has 0 fully saturated rings. The van der Waals surface area contributed by atoms with Crippen LogP contribution in [0.1, 0.15) is 10.4 Å². The maximum Gasteiger partial charge on any atom is 0.255 e. The Bertz CT molecular complexity index is 1150. The van der Waals surface area contributed by atoms with Gasteiger partial charge in [-0.1, -0.05) is 29.8 Å².